The maximum Gasteiger partial charge on any atom is 0.240 e. The van der Waals surface area contributed by atoms with Crippen LogP contribution in [0.15, 0.2) is 36.4 Å². The van der Waals surface area contributed by atoms with Crippen molar-refractivity contribution in [1.82, 2.24) is 9.97 Å². The fraction of sp³-hybridized carbons (Fsp3) is 0.294. The van der Waals surface area contributed by atoms with Crippen LogP contribution in [0.4, 0.5) is 5.95 Å². The number of benzene rings is 1. The van der Waals surface area contributed by atoms with E-state index in [9.17, 15) is 9.59 Å². The molecule has 1 fully saturated rings. The highest BCUT2D eigenvalue weighted by atomic mass is 16.2. The van der Waals surface area contributed by atoms with Crippen molar-refractivity contribution in [2.24, 2.45) is 5.92 Å². The molecule has 3 rings (SSSR count). The predicted molar refractivity (Wildman–Crippen MR) is 82.3 cm³/mol. The van der Waals surface area contributed by atoms with Crippen LogP contribution in [0, 0.1) is 19.8 Å². The minimum Gasteiger partial charge on any atom is -0.274 e. The summed E-state index contributed by atoms with van der Waals surface area (Å²) in [5.74, 6) is -0.572. The molecule has 1 saturated heterocycles. The molecule has 1 aromatic carbocycles. The van der Waals surface area contributed by atoms with Gasteiger partial charge in [0.25, 0.3) is 0 Å². The number of carbonyl (C=O) groups is 2. The van der Waals surface area contributed by atoms with Crippen LogP contribution in [0.2, 0.25) is 0 Å². The minimum atomic E-state index is -0.334. The zero-order chi connectivity index (χ0) is 15.7. The molecule has 0 aliphatic carbocycles. The summed E-state index contributed by atoms with van der Waals surface area (Å²) in [4.78, 5) is 34.4. The predicted octanol–water partition coefficient (Wildman–Crippen LogP) is 2.22. The lowest BCUT2D eigenvalue weighted by molar-refractivity contribution is -0.122. The Labute approximate surface area is 129 Å². The second-order valence-corrected chi connectivity index (χ2v) is 5.61. The lowest BCUT2D eigenvalue weighted by atomic mass is 9.98. The molecular weight excluding hydrogens is 278 g/mol. The minimum absolute atomic E-state index is 0.197. The molecule has 1 aliphatic rings. The molecule has 0 spiro atoms. The Balaban J connectivity index is 1.85. The lowest BCUT2D eigenvalue weighted by Crippen LogP contribution is -2.32. The lowest BCUT2D eigenvalue weighted by Gasteiger charge is -2.14. The van der Waals surface area contributed by atoms with Crippen molar-refractivity contribution in [1.29, 1.82) is 0 Å². The van der Waals surface area contributed by atoms with Gasteiger partial charge in [-0.3, -0.25) is 9.59 Å². The van der Waals surface area contributed by atoms with Crippen molar-refractivity contribution in [3.63, 3.8) is 0 Å². The smallest absolute Gasteiger partial charge is 0.240 e. The second kappa shape index (κ2) is 5.67. The van der Waals surface area contributed by atoms with Crippen LogP contribution >= 0.6 is 0 Å². The van der Waals surface area contributed by atoms with E-state index in [1.807, 2.05) is 50.2 Å². The fourth-order valence-electron chi connectivity index (χ4n) is 2.77. The van der Waals surface area contributed by atoms with Gasteiger partial charge in [-0.2, -0.15) is 0 Å². The summed E-state index contributed by atoms with van der Waals surface area (Å²) in [7, 11) is 0. The van der Waals surface area contributed by atoms with Gasteiger partial charge in [-0.1, -0.05) is 30.3 Å². The third-order valence-electron chi connectivity index (χ3n) is 3.74. The molecule has 0 bridgehead atoms. The molecule has 112 valence electrons. The zero-order valence-corrected chi connectivity index (χ0v) is 12.6. The third kappa shape index (κ3) is 2.74. The van der Waals surface area contributed by atoms with Gasteiger partial charge in [-0.05, 0) is 31.9 Å². The van der Waals surface area contributed by atoms with Gasteiger partial charge in [0, 0.05) is 17.8 Å². The first-order valence-corrected chi connectivity index (χ1v) is 7.27. The largest absolute Gasteiger partial charge is 0.274 e. The van der Waals surface area contributed by atoms with Crippen LogP contribution in [-0.4, -0.2) is 21.8 Å². The van der Waals surface area contributed by atoms with Crippen molar-refractivity contribution in [2.45, 2.75) is 26.7 Å². The monoisotopic (exact) mass is 295 g/mol. The number of carbonyl (C=O) groups excluding carboxylic acids is 2. The summed E-state index contributed by atoms with van der Waals surface area (Å²) < 4.78 is 0. The number of nitrogens with zero attached hydrogens (tertiary/aromatic N) is 3. The summed E-state index contributed by atoms with van der Waals surface area (Å²) in [6.07, 6.45) is 0.775. The molecule has 22 heavy (non-hydrogen) atoms. The Kier molecular flexibility index (Phi) is 3.71. The molecule has 2 amide bonds. The summed E-state index contributed by atoms with van der Waals surface area (Å²) in [5, 5.41) is 0. The van der Waals surface area contributed by atoms with Gasteiger partial charge < -0.3 is 0 Å². The van der Waals surface area contributed by atoms with E-state index >= 15 is 0 Å². The van der Waals surface area contributed by atoms with Crippen molar-refractivity contribution in [2.75, 3.05) is 4.90 Å². The van der Waals surface area contributed by atoms with Crippen LogP contribution in [0.1, 0.15) is 23.4 Å². The number of aryl methyl sites for hydroxylation is 2. The van der Waals surface area contributed by atoms with Gasteiger partial charge in [0.15, 0.2) is 0 Å². The van der Waals surface area contributed by atoms with E-state index in [1.165, 1.54) is 0 Å². The first kappa shape index (κ1) is 14.4. The topological polar surface area (TPSA) is 63.2 Å². The number of rotatable bonds is 3. The van der Waals surface area contributed by atoms with E-state index in [2.05, 4.69) is 9.97 Å². The second-order valence-electron chi connectivity index (χ2n) is 5.61. The highest BCUT2D eigenvalue weighted by molar-refractivity contribution is 6.20. The SMILES string of the molecule is Cc1cc(C)nc(N2C(=O)C[C@H](Cc3ccccc3)C2=O)n1. The number of aromatic nitrogens is 2. The molecule has 1 aliphatic heterocycles. The van der Waals surface area contributed by atoms with E-state index in [-0.39, 0.29) is 30.1 Å². The van der Waals surface area contributed by atoms with Crippen LogP contribution in [0.5, 0.6) is 0 Å². The molecule has 5 heteroatoms. The van der Waals surface area contributed by atoms with Gasteiger partial charge in [-0.15, -0.1) is 0 Å². The highest BCUT2D eigenvalue weighted by Crippen LogP contribution is 2.26. The van der Waals surface area contributed by atoms with Gasteiger partial charge in [0.1, 0.15) is 0 Å². The molecule has 0 radical (unpaired) electrons. The maximum absolute atomic E-state index is 12.6. The molecule has 2 aromatic rings. The number of anilines is 1. The van der Waals surface area contributed by atoms with E-state index < -0.39 is 0 Å². The third-order valence-corrected chi connectivity index (χ3v) is 3.74. The average Bonchev–Trinajstić information content (AvgIpc) is 2.73. The van der Waals surface area contributed by atoms with Crippen molar-refractivity contribution in [3.8, 4) is 0 Å². The van der Waals surface area contributed by atoms with Gasteiger partial charge >= 0.3 is 0 Å². The summed E-state index contributed by atoms with van der Waals surface area (Å²) in [6.45, 7) is 3.65. The quantitative estimate of drug-likeness (QED) is 0.814. The first-order chi connectivity index (χ1) is 10.5. The Bertz CT molecular complexity index is 708. The van der Waals surface area contributed by atoms with E-state index in [1.54, 1.807) is 0 Å². The standard InChI is InChI=1S/C17H17N3O2/c1-11-8-12(2)19-17(18-11)20-15(21)10-14(16(20)22)9-13-6-4-3-5-7-13/h3-8,14H,9-10H2,1-2H3/t14-/m0/s1. The van der Waals surface area contributed by atoms with Crippen molar-refractivity contribution >= 4 is 17.8 Å². The summed E-state index contributed by atoms with van der Waals surface area (Å²) in [6, 6.07) is 11.5. The summed E-state index contributed by atoms with van der Waals surface area (Å²) in [5.41, 5.74) is 2.54. The van der Waals surface area contributed by atoms with Gasteiger partial charge in [0.2, 0.25) is 17.8 Å². The van der Waals surface area contributed by atoms with Crippen molar-refractivity contribution in [3.05, 3.63) is 53.3 Å². The Morgan fingerprint density at radius 2 is 1.73 bits per heavy atom. The Morgan fingerprint density at radius 1 is 1.09 bits per heavy atom. The van der Waals surface area contributed by atoms with E-state index in [4.69, 9.17) is 0 Å². The molecule has 0 N–H and O–H groups in total. The molecule has 1 aromatic heterocycles. The number of imide groups is 1. The van der Waals surface area contributed by atoms with E-state index in [0.717, 1.165) is 21.9 Å². The number of hydrogen-bond donors (Lipinski definition) is 0. The van der Waals surface area contributed by atoms with Crippen molar-refractivity contribution < 1.29 is 9.59 Å². The fourth-order valence-corrected chi connectivity index (χ4v) is 2.77. The summed E-state index contributed by atoms with van der Waals surface area (Å²) >= 11 is 0. The van der Waals surface area contributed by atoms with Crippen LogP contribution in [-0.2, 0) is 16.0 Å². The number of amides is 2. The zero-order valence-electron chi connectivity index (χ0n) is 12.6. The van der Waals surface area contributed by atoms with Crippen LogP contribution in [0.25, 0.3) is 0 Å². The molecule has 2 heterocycles. The highest BCUT2D eigenvalue weighted by Gasteiger charge is 2.40. The molecule has 5 nitrogen and oxygen atoms in total. The molecule has 0 unspecified atom stereocenters. The van der Waals surface area contributed by atoms with E-state index in [0.29, 0.717) is 6.42 Å². The molecule has 0 saturated carbocycles. The van der Waals surface area contributed by atoms with Crippen LogP contribution in [0.3, 0.4) is 0 Å². The van der Waals surface area contributed by atoms with Crippen LogP contribution < -0.4 is 4.90 Å². The number of hydrogen-bond acceptors (Lipinski definition) is 4. The normalized spacial score (nSPS) is 18.1. The van der Waals surface area contributed by atoms with Gasteiger partial charge in [-0.25, -0.2) is 14.9 Å². The Hall–Kier alpha value is -2.56. The maximum atomic E-state index is 12.6. The Morgan fingerprint density at radius 3 is 2.36 bits per heavy atom. The van der Waals surface area contributed by atoms with Gasteiger partial charge in [0.05, 0.1) is 5.92 Å². The first-order valence-electron chi connectivity index (χ1n) is 7.27. The average molecular weight is 295 g/mol. The molecular formula is C17H17N3O2. The molecule has 1 atom stereocenters.